The highest BCUT2D eigenvalue weighted by Crippen LogP contribution is 1.94. The van der Waals surface area contributed by atoms with Gasteiger partial charge in [0.15, 0.2) is 0 Å². The van der Waals surface area contributed by atoms with E-state index in [2.05, 4.69) is 25.1 Å². The summed E-state index contributed by atoms with van der Waals surface area (Å²) in [5, 5.41) is 9.36. The number of halogens is 1. The summed E-state index contributed by atoms with van der Waals surface area (Å²) < 4.78 is 11.8. The van der Waals surface area contributed by atoms with E-state index < -0.39 is 5.83 Å². The van der Waals surface area contributed by atoms with Gasteiger partial charge in [0.05, 0.1) is 0 Å². The smallest absolute Gasteiger partial charge is 0.116 e. The van der Waals surface area contributed by atoms with Crippen molar-refractivity contribution in [2.24, 2.45) is 0 Å². The standard InChI is InChI=1S/C7H10FN.C4H7N/c1-6(8)4-5-7(2)9-3;1-3-4(2)5/h4-5,9H,1-2H2,3H3;3,5H,1H2,2H3/b5-4-;. The average Bonchev–Trinajstić information content (AvgIpc) is 2.14. The zero-order valence-corrected chi connectivity index (χ0v) is 8.73. The lowest BCUT2D eigenvalue weighted by Gasteiger charge is -1.93. The van der Waals surface area contributed by atoms with Crippen LogP contribution >= 0.6 is 0 Å². The van der Waals surface area contributed by atoms with E-state index in [4.69, 9.17) is 5.41 Å². The molecule has 0 rings (SSSR count). The lowest BCUT2D eigenvalue weighted by atomic mass is 10.4. The second-order valence-corrected chi connectivity index (χ2v) is 2.44. The van der Waals surface area contributed by atoms with Crippen molar-refractivity contribution in [1.29, 1.82) is 5.41 Å². The molecule has 0 aliphatic carbocycles. The van der Waals surface area contributed by atoms with Crippen molar-refractivity contribution < 1.29 is 4.39 Å². The highest BCUT2D eigenvalue weighted by Gasteiger charge is 1.80. The molecule has 0 heterocycles. The van der Waals surface area contributed by atoms with Gasteiger partial charge in [-0.05, 0) is 25.2 Å². The topological polar surface area (TPSA) is 35.9 Å². The normalized spacial score (nSPS) is 8.50. The van der Waals surface area contributed by atoms with Gasteiger partial charge < -0.3 is 10.7 Å². The van der Waals surface area contributed by atoms with Crippen molar-refractivity contribution in [2.75, 3.05) is 7.05 Å². The van der Waals surface area contributed by atoms with Gasteiger partial charge >= 0.3 is 0 Å². The minimum Gasteiger partial charge on any atom is -0.389 e. The molecule has 2 nitrogen and oxygen atoms in total. The predicted molar refractivity (Wildman–Crippen MR) is 61.2 cm³/mol. The number of allylic oxidation sites excluding steroid dienone is 4. The van der Waals surface area contributed by atoms with Crippen LogP contribution in [0.1, 0.15) is 6.92 Å². The second kappa shape index (κ2) is 9.45. The van der Waals surface area contributed by atoms with Crippen LogP contribution in [0.4, 0.5) is 4.39 Å². The second-order valence-electron chi connectivity index (χ2n) is 2.44. The van der Waals surface area contributed by atoms with Gasteiger partial charge in [0.1, 0.15) is 5.83 Å². The van der Waals surface area contributed by atoms with Crippen molar-refractivity contribution in [1.82, 2.24) is 5.32 Å². The van der Waals surface area contributed by atoms with E-state index in [0.29, 0.717) is 11.4 Å². The fourth-order valence-corrected chi connectivity index (χ4v) is 0.274. The third kappa shape index (κ3) is 16.8. The zero-order chi connectivity index (χ0) is 11.6. The van der Waals surface area contributed by atoms with E-state index in [1.54, 1.807) is 14.0 Å². The SMILES string of the molecule is C=C(F)/C=C\C(=C)NC.C=CC(C)=N. The molecule has 0 saturated carbocycles. The van der Waals surface area contributed by atoms with Crippen LogP contribution in [0, 0.1) is 5.41 Å². The molecule has 0 fully saturated rings. The summed E-state index contributed by atoms with van der Waals surface area (Å²) in [5.74, 6) is -0.466. The Hall–Kier alpha value is -1.64. The van der Waals surface area contributed by atoms with Crippen LogP contribution in [-0.4, -0.2) is 12.8 Å². The van der Waals surface area contributed by atoms with Crippen molar-refractivity contribution in [3.8, 4) is 0 Å². The van der Waals surface area contributed by atoms with Crippen LogP contribution in [0.5, 0.6) is 0 Å². The van der Waals surface area contributed by atoms with E-state index in [1.165, 1.54) is 18.2 Å². The van der Waals surface area contributed by atoms with Crippen molar-refractivity contribution in [2.45, 2.75) is 6.92 Å². The molecule has 0 aromatic carbocycles. The number of likely N-dealkylation sites (N-methyl/N-ethyl adjacent to an activating group) is 1. The maximum Gasteiger partial charge on any atom is 0.116 e. The molecule has 0 amide bonds. The highest BCUT2D eigenvalue weighted by molar-refractivity contribution is 5.89. The van der Waals surface area contributed by atoms with E-state index in [1.807, 2.05) is 0 Å². The zero-order valence-electron chi connectivity index (χ0n) is 8.73. The van der Waals surface area contributed by atoms with E-state index in [0.717, 1.165) is 0 Å². The third-order valence-electron chi connectivity index (χ3n) is 1.09. The molecular weight excluding hydrogens is 179 g/mol. The van der Waals surface area contributed by atoms with Crippen LogP contribution in [-0.2, 0) is 0 Å². The lowest BCUT2D eigenvalue weighted by molar-refractivity contribution is 0.671. The first-order valence-electron chi connectivity index (χ1n) is 4.00. The Morgan fingerprint density at radius 3 is 2.00 bits per heavy atom. The highest BCUT2D eigenvalue weighted by atomic mass is 19.1. The molecular formula is C11H17FN2. The fraction of sp³-hybridized carbons (Fsp3) is 0.182. The molecule has 78 valence electrons. The Bertz CT molecular complexity index is 252. The van der Waals surface area contributed by atoms with Gasteiger partial charge in [-0.1, -0.05) is 19.7 Å². The van der Waals surface area contributed by atoms with Gasteiger partial charge in [0.25, 0.3) is 0 Å². The first-order chi connectivity index (χ1) is 6.43. The minimum atomic E-state index is -0.466. The Morgan fingerprint density at radius 1 is 1.36 bits per heavy atom. The maximum atomic E-state index is 11.8. The molecule has 0 aromatic rings. The molecule has 0 radical (unpaired) electrons. The van der Waals surface area contributed by atoms with Crippen LogP contribution < -0.4 is 5.32 Å². The van der Waals surface area contributed by atoms with Crippen LogP contribution in [0.3, 0.4) is 0 Å². The van der Waals surface area contributed by atoms with Gasteiger partial charge in [-0.25, -0.2) is 4.39 Å². The number of hydrogen-bond acceptors (Lipinski definition) is 2. The minimum absolute atomic E-state index is 0.466. The van der Waals surface area contributed by atoms with Gasteiger partial charge in [-0.2, -0.15) is 0 Å². The van der Waals surface area contributed by atoms with E-state index in [9.17, 15) is 4.39 Å². The molecule has 14 heavy (non-hydrogen) atoms. The monoisotopic (exact) mass is 196 g/mol. The van der Waals surface area contributed by atoms with Gasteiger partial charge in [0.2, 0.25) is 0 Å². The fourth-order valence-electron chi connectivity index (χ4n) is 0.274. The first kappa shape index (κ1) is 14.9. The van der Waals surface area contributed by atoms with Crippen molar-refractivity contribution >= 4 is 5.71 Å². The number of hydrogen-bond donors (Lipinski definition) is 2. The molecule has 0 saturated heterocycles. The van der Waals surface area contributed by atoms with Crippen molar-refractivity contribution in [3.05, 3.63) is 49.5 Å². The molecule has 0 bridgehead atoms. The van der Waals surface area contributed by atoms with Crippen molar-refractivity contribution in [3.63, 3.8) is 0 Å². The summed E-state index contributed by atoms with van der Waals surface area (Å²) in [5.41, 5.74) is 1.18. The third-order valence-corrected chi connectivity index (χ3v) is 1.09. The summed E-state index contributed by atoms with van der Waals surface area (Å²) in [4.78, 5) is 0. The molecule has 0 aliphatic heterocycles. The predicted octanol–water partition coefficient (Wildman–Crippen LogP) is 2.97. The molecule has 3 heteroatoms. The largest absolute Gasteiger partial charge is 0.389 e. The van der Waals surface area contributed by atoms with Crippen LogP contribution in [0.2, 0.25) is 0 Å². The Balaban J connectivity index is 0. The van der Waals surface area contributed by atoms with Gasteiger partial charge in [0, 0.05) is 18.5 Å². The number of rotatable bonds is 4. The van der Waals surface area contributed by atoms with Crippen LogP contribution in [0.15, 0.2) is 49.5 Å². The maximum absolute atomic E-state index is 11.8. The van der Waals surface area contributed by atoms with Crippen LogP contribution in [0.25, 0.3) is 0 Å². The number of nitrogens with one attached hydrogen (secondary N) is 2. The Labute approximate surface area is 85.0 Å². The summed E-state index contributed by atoms with van der Waals surface area (Å²) in [6.45, 7) is 11.6. The molecule has 2 N–H and O–H groups in total. The van der Waals surface area contributed by atoms with E-state index in [-0.39, 0.29) is 0 Å². The average molecular weight is 196 g/mol. The summed E-state index contributed by atoms with van der Waals surface area (Å²) in [7, 11) is 1.72. The summed E-state index contributed by atoms with van der Waals surface area (Å²) >= 11 is 0. The quantitative estimate of drug-likeness (QED) is 0.526. The van der Waals surface area contributed by atoms with Gasteiger partial charge in [-0.15, -0.1) is 0 Å². The molecule has 0 unspecified atom stereocenters. The van der Waals surface area contributed by atoms with Gasteiger partial charge in [-0.3, -0.25) is 0 Å². The molecule has 0 spiro atoms. The first-order valence-corrected chi connectivity index (χ1v) is 4.00. The molecule has 0 aromatic heterocycles. The van der Waals surface area contributed by atoms with E-state index >= 15 is 0 Å². The molecule has 0 aliphatic rings. The Kier molecular flexibility index (Phi) is 10.0. The summed E-state index contributed by atoms with van der Waals surface area (Å²) in [6, 6.07) is 0. The summed E-state index contributed by atoms with van der Waals surface area (Å²) in [6.07, 6.45) is 4.27. The lowest BCUT2D eigenvalue weighted by Crippen LogP contribution is -2.00. The Morgan fingerprint density at radius 2 is 1.79 bits per heavy atom. The molecule has 0 atom stereocenters.